The van der Waals surface area contributed by atoms with Crippen LogP contribution >= 0.6 is 11.3 Å². The summed E-state index contributed by atoms with van der Waals surface area (Å²) in [4.78, 5) is 20.0. The van der Waals surface area contributed by atoms with Gasteiger partial charge in [-0.2, -0.15) is 0 Å². The van der Waals surface area contributed by atoms with Crippen LogP contribution in [0.3, 0.4) is 0 Å². The highest BCUT2D eigenvalue weighted by Crippen LogP contribution is 2.29. The molecule has 0 fully saturated rings. The zero-order chi connectivity index (χ0) is 12.5. The Morgan fingerprint density at radius 3 is 2.83 bits per heavy atom. The number of Topliss-reactive ketones (excluding diaryl/α,β-unsaturated/α-hetero) is 1. The molecule has 3 rings (SSSR count). The standard InChI is InChI=1S/C14H10N2OS/c1-9(17)12-8-18-14(16-12)11-6-2-4-10-5-3-7-15-13(10)11/h2-8H,1H3. The van der Waals surface area contributed by atoms with E-state index in [0.717, 1.165) is 21.5 Å². The molecule has 0 aliphatic rings. The fourth-order valence-electron chi connectivity index (χ4n) is 1.84. The Bertz CT molecular complexity index is 728. The molecule has 0 bridgehead atoms. The predicted octanol–water partition coefficient (Wildman–Crippen LogP) is 3.56. The Labute approximate surface area is 108 Å². The van der Waals surface area contributed by atoms with Crippen molar-refractivity contribution < 1.29 is 4.79 Å². The van der Waals surface area contributed by atoms with Gasteiger partial charge >= 0.3 is 0 Å². The minimum Gasteiger partial charge on any atom is -0.293 e. The lowest BCUT2D eigenvalue weighted by Gasteiger charge is -2.01. The summed E-state index contributed by atoms with van der Waals surface area (Å²) in [5, 5.41) is 3.71. The number of benzene rings is 1. The second kappa shape index (κ2) is 4.31. The van der Waals surface area contributed by atoms with E-state index in [9.17, 15) is 4.79 Å². The summed E-state index contributed by atoms with van der Waals surface area (Å²) >= 11 is 1.47. The fourth-order valence-corrected chi connectivity index (χ4v) is 2.72. The van der Waals surface area contributed by atoms with Crippen LogP contribution in [0, 0.1) is 0 Å². The van der Waals surface area contributed by atoms with E-state index in [2.05, 4.69) is 9.97 Å². The smallest absolute Gasteiger partial charge is 0.178 e. The first-order chi connectivity index (χ1) is 8.75. The zero-order valence-corrected chi connectivity index (χ0v) is 10.6. The first kappa shape index (κ1) is 11.0. The number of hydrogen-bond acceptors (Lipinski definition) is 4. The number of carbonyl (C=O) groups is 1. The van der Waals surface area contributed by atoms with E-state index in [0.29, 0.717) is 5.69 Å². The van der Waals surface area contributed by atoms with Gasteiger partial charge in [-0.3, -0.25) is 9.78 Å². The zero-order valence-electron chi connectivity index (χ0n) is 9.75. The molecule has 0 aliphatic heterocycles. The number of thiazole rings is 1. The van der Waals surface area contributed by atoms with Gasteiger partial charge in [-0.25, -0.2) is 4.98 Å². The van der Waals surface area contributed by atoms with Crippen molar-refractivity contribution in [2.45, 2.75) is 6.92 Å². The number of hydrogen-bond donors (Lipinski definition) is 0. The number of fused-ring (bicyclic) bond motifs is 1. The third-order valence-corrected chi connectivity index (χ3v) is 3.60. The molecule has 4 heteroatoms. The van der Waals surface area contributed by atoms with E-state index < -0.39 is 0 Å². The number of aromatic nitrogens is 2. The van der Waals surface area contributed by atoms with Gasteiger partial charge in [0.1, 0.15) is 10.7 Å². The highest BCUT2D eigenvalue weighted by atomic mass is 32.1. The molecule has 18 heavy (non-hydrogen) atoms. The van der Waals surface area contributed by atoms with Gasteiger partial charge in [0.15, 0.2) is 5.78 Å². The van der Waals surface area contributed by atoms with Crippen molar-refractivity contribution in [3.05, 3.63) is 47.6 Å². The van der Waals surface area contributed by atoms with Crippen molar-refractivity contribution in [1.82, 2.24) is 9.97 Å². The Morgan fingerprint density at radius 2 is 2.06 bits per heavy atom. The summed E-state index contributed by atoms with van der Waals surface area (Å²) < 4.78 is 0. The number of rotatable bonds is 2. The number of ketones is 1. The molecule has 0 spiro atoms. The normalized spacial score (nSPS) is 10.7. The van der Waals surface area contributed by atoms with E-state index in [1.54, 1.807) is 11.6 Å². The Morgan fingerprint density at radius 1 is 1.22 bits per heavy atom. The van der Waals surface area contributed by atoms with Crippen molar-refractivity contribution in [3.63, 3.8) is 0 Å². The summed E-state index contributed by atoms with van der Waals surface area (Å²) in [7, 11) is 0. The predicted molar refractivity (Wildman–Crippen MR) is 72.9 cm³/mol. The van der Waals surface area contributed by atoms with Crippen LogP contribution in [0.4, 0.5) is 0 Å². The van der Waals surface area contributed by atoms with E-state index in [1.165, 1.54) is 18.3 Å². The topological polar surface area (TPSA) is 42.9 Å². The Hall–Kier alpha value is -2.07. The van der Waals surface area contributed by atoms with E-state index in [4.69, 9.17) is 0 Å². The summed E-state index contributed by atoms with van der Waals surface area (Å²) in [6.45, 7) is 1.53. The average Bonchev–Trinajstić information content (AvgIpc) is 2.87. The highest BCUT2D eigenvalue weighted by Gasteiger charge is 2.10. The van der Waals surface area contributed by atoms with Crippen LogP contribution < -0.4 is 0 Å². The molecule has 0 unspecified atom stereocenters. The van der Waals surface area contributed by atoms with Crippen LogP contribution in [0.15, 0.2) is 41.9 Å². The second-order valence-corrected chi connectivity index (χ2v) is 4.83. The first-order valence-corrected chi connectivity index (χ1v) is 6.44. The van der Waals surface area contributed by atoms with E-state index >= 15 is 0 Å². The average molecular weight is 254 g/mol. The van der Waals surface area contributed by atoms with Crippen LogP contribution in [-0.2, 0) is 0 Å². The summed E-state index contributed by atoms with van der Waals surface area (Å²) in [6.07, 6.45) is 1.77. The van der Waals surface area contributed by atoms with Crippen LogP contribution in [0.2, 0.25) is 0 Å². The minimum absolute atomic E-state index is 0.00861. The molecule has 3 aromatic rings. The van der Waals surface area contributed by atoms with Crippen molar-refractivity contribution in [2.24, 2.45) is 0 Å². The molecule has 0 saturated heterocycles. The number of nitrogens with zero attached hydrogens (tertiary/aromatic N) is 2. The SMILES string of the molecule is CC(=O)c1csc(-c2cccc3cccnc23)n1. The van der Waals surface area contributed by atoms with Crippen LogP contribution in [0.25, 0.3) is 21.5 Å². The largest absolute Gasteiger partial charge is 0.293 e. The van der Waals surface area contributed by atoms with Crippen LogP contribution in [0.5, 0.6) is 0 Å². The van der Waals surface area contributed by atoms with E-state index in [1.807, 2.05) is 30.3 Å². The van der Waals surface area contributed by atoms with E-state index in [-0.39, 0.29) is 5.78 Å². The number of pyridine rings is 1. The molecule has 0 aliphatic carbocycles. The summed E-state index contributed by atoms with van der Waals surface area (Å²) in [5.41, 5.74) is 2.41. The van der Waals surface area contributed by atoms with Crippen molar-refractivity contribution >= 4 is 28.0 Å². The molecule has 2 aromatic heterocycles. The maximum absolute atomic E-state index is 11.3. The highest BCUT2D eigenvalue weighted by molar-refractivity contribution is 7.13. The third-order valence-electron chi connectivity index (χ3n) is 2.73. The molecule has 1 aromatic carbocycles. The lowest BCUT2D eigenvalue weighted by molar-refractivity contribution is 0.101. The van der Waals surface area contributed by atoms with Gasteiger partial charge in [-0.05, 0) is 12.1 Å². The summed E-state index contributed by atoms with van der Waals surface area (Å²) in [6, 6.07) is 9.91. The van der Waals surface area contributed by atoms with Gasteiger partial charge in [0.2, 0.25) is 0 Å². The molecule has 3 nitrogen and oxygen atoms in total. The molecule has 2 heterocycles. The number of para-hydroxylation sites is 1. The molecular formula is C14H10N2OS. The van der Waals surface area contributed by atoms with Gasteiger partial charge in [0, 0.05) is 29.5 Å². The molecule has 0 saturated carbocycles. The van der Waals surface area contributed by atoms with Gasteiger partial charge in [-0.1, -0.05) is 18.2 Å². The van der Waals surface area contributed by atoms with Gasteiger partial charge in [0.25, 0.3) is 0 Å². The van der Waals surface area contributed by atoms with Gasteiger partial charge in [0.05, 0.1) is 5.52 Å². The molecular weight excluding hydrogens is 244 g/mol. The third kappa shape index (κ3) is 1.80. The lowest BCUT2D eigenvalue weighted by Crippen LogP contribution is -1.91. The first-order valence-electron chi connectivity index (χ1n) is 5.56. The molecule has 0 radical (unpaired) electrons. The molecule has 0 N–H and O–H groups in total. The van der Waals surface area contributed by atoms with Gasteiger partial charge in [-0.15, -0.1) is 11.3 Å². The molecule has 88 valence electrons. The number of carbonyl (C=O) groups excluding carboxylic acids is 1. The monoisotopic (exact) mass is 254 g/mol. The maximum atomic E-state index is 11.3. The summed E-state index contributed by atoms with van der Waals surface area (Å²) in [5.74, 6) is -0.00861. The van der Waals surface area contributed by atoms with Crippen molar-refractivity contribution in [3.8, 4) is 10.6 Å². The lowest BCUT2D eigenvalue weighted by atomic mass is 10.1. The van der Waals surface area contributed by atoms with Crippen LogP contribution in [-0.4, -0.2) is 15.8 Å². The fraction of sp³-hybridized carbons (Fsp3) is 0.0714. The van der Waals surface area contributed by atoms with Crippen molar-refractivity contribution in [2.75, 3.05) is 0 Å². The minimum atomic E-state index is -0.00861. The molecule has 0 amide bonds. The quantitative estimate of drug-likeness (QED) is 0.657. The van der Waals surface area contributed by atoms with Crippen molar-refractivity contribution in [1.29, 1.82) is 0 Å². The molecule has 0 atom stereocenters. The van der Waals surface area contributed by atoms with Crippen LogP contribution in [0.1, 0.15) is 17.4 Å². The maximum Gasteiger partial charge on any atom is 0.178 e. The Balaban J connectivity index is 2.21. The van der Waals surface area contributed by atoms with Gasteiger partial charge < -0.3 is 0 Å². The second-order valence-electron chi connectivity index (χ2n) is 3.97. The Kier molecular flexibility index (Phi) is 2.64.